The Morgan fingerprint density at radius 3 is 2.62 bits per heavy atom. The van der Waals surface area contributed by atoms with Crippen LogP contribution in [0, 0.1) is 5.41 Å². The molecule has 2 aromatic rings. The molecule has 5 heteroatoms. The summed E-state index contributed by atoms with van der Waals surface area (Å²) in [5, 5.41) is 12.7. The highest BCUT2D eigenvalue weighted by atomic mass is 32.2. The molecule has 4 rings (SSSR count). The van der Waals surface area contributed by atoms with Crippen molar-refractivity contribution >= 4 is 29.2 Å². The van der Waals surface area contributed by atoms with E-state index in [1.807, 2.05) is 42.5 Å². The van der Waals surface area contributed by atoms with Gasteiger partial charge in [0.2, 0.25) is 5.91 Å². The molecule has 1 fully saturated rings. The fourth-order valence-electron chi connectivity index (χ4n) is 2.98. The van der Waals surface area contributed by atoms with Gasteiger partial charge in [-0.2, -0.15) is 0 Å². The van der Waals surface area contributed by atoms with E-state index < -0.39 is 0 Å². The Balaban J connectivity index is 1.51. The molecule has 24 heavy (non-hydrogen) atoms. The number of rotatable bonds is 3. The highest BCUT2D eigenvalue weighted by Gasteiger charge is 2.34. The van der Waals surface area contributed by atoms with Gasteiger partial charge in [0.05, 0.1) is 17.1 Å². The maximum atomic E-state index is 12.4. The number of nitrogens with one attached hydrogen (secondary N) is 2. The highest BCUT2D eigenvalue weighted by molar-refractivity contribution is 8.03. The summed E-state index contributed by atoms with van der Waals surface area (Å²) in [5.74, 6) is 0.343. The van der Waals surface area contributed by atoms with Crippen LogP contribution in [0.1, 0.15) is 12.0 Å². The molecule has 2 aliphatic rings. The van der Waals surface area contributed by atoms with Gasteiger partial charge in [0.1, 0.15) is 5.84 Å². The average Bonchev–Trinajstić information content (AvgIpc) is 3.15. The Morgan fingerprint density at radius 2 is 1.83 bits per heavy atom. The number of benzene rings is 2. The van der Waals surface area contributed by atoms with Crippen LogP contribution in [0.15, 0.2) is 70.1 Å². The van der Waals surface area contributed by atoms with E-state index in [2.05, 4.69) is 17.4 Å². The van der Waals surface area contributed by atoms with Crippen molar-refractivity contribution in [2.75, 3.05) is 11.9 Å². The van der Waals surface area contributed by atoms with Crippen molar-refractivity contribution in [2.24, 2.45) is 0 Å². The molecule has 0 saturated carbocycles. The number of nitrogens with zero attached hydrogens (tertiary/aromatic N) is 1. The monoisotopic (exact) mass is 335 g/mol. The molecule has 2 heterocycles. The molecule has 0 bridgehead atoms. The maximum Gasteiger partial charge on any atom is 0.232 e. The van der Waals surface area contributed by atoms with E-state index in [-0.39, 0.29) is 5.91 Å². The Kier molecular flexibility index (Phi) is 3.86. The molecule has 0 unspecified atom stereocenters. The van der Waals surface area contributed by atoms with Crippen molar-refractivity contribution < 1.29 is 4.79 Å². The minimum absolute atomic E-state index is 0.0109. The van der Waals surface area contributed by atoms with Crippen LogP contribution in [-0.4, -0.2) is 23.2 Å². The number of anilines is 1. The molecule has 4 nitrogen and oxygen atoms in total. The molecule has 0 aliphatic carbocycles. The van der Waals surface area contributed by atoms with Crippen LogP contribution in [-0.2, 0) is 11.2 Å². The first-order valence-corrected chi connectivity index (χ1v) is 8.74. The summed E-state index contributed by atoms with van der Waals surface area (Å²) < 4.78 is 0. The predicted octanol–water partition coefficient (Wildman–Crippen LogP) is 3.87. The zero-order chi connectivity index (χ0) is 16.5. The van der Waals surface area contributed by atoms with E-state index in [4.69, 9.17) is 5.41 Å². The number of carbonyl (C=O) groups is 1. The number of para-hydroxylation sites is 1. The summed E-state index contributed by atoms with van der Waals surface area (Å²) in [4.78, 5) is 15.1. The SMILES string of the molecule is N=C1/C(=C2\Nc3ccccc3S2)CC(=O)N1CCc1ccccc1. The van der Waals surface area contributed by atoms with Crippen molar-refractivity contribution in [3.05, 3.63) is 70.8 Å². The van der Waals surface area contributed by atoms with Crippen LogP contribution in [0.4, 0.5) is 5.69 Å². The smallest absolute Gasteiger partial charge is 0.232 e. The molecular weight excluding hydrogens is 318 g/mol. The number of amidine groups is 1. The fraction of sp³-hybridized carbons (Fsp3) is 0.158. The van der Waals surface area contributed by atoms with Gasteiger partial charge >= 0.3 is 0 Å². The summed E-state index contributed by atoms with van der Waals surface area (Å²) in [5.41, 5.74) is 3.03. The molecule has 0 spiro atoms. The summed E-state index contributed by atoms with van der Waals surface area (Å²) in [6.45, 7) is 0.552. The number of carbonyl (C=O) groups excluding carboxylic acids is 1. The maximum absolute atomic E-state index is 12.4. The first-order chi connectivity index (χ1) is 11.7. The third-order valence-electron chi connectivity index (χ3n) is 4.27. The minimum Gasteiger partial charge on any atom is -0.349 e. The first kappa shape index (κ1) is 15.0. The second kappa shape index (κ2) is 6.17. The van der Waals surface area contributed by atoms with Crippen LogP contribution in [0.25, 0.3) is 0 Å². The van der Waals surface area contributed by atoms with E-state index in [1.54, 1.807) is 16.7 Å². The number of fused-ring (bicyclic) bond motifs is 1. The third kappa shape index (κ3) is 2.71. The Bertz CT molecular complexity index is 818. The van der Waals surface area contributed by atoms with Crippen LogP contribution in [0.5, 0.6) is 0 Å². The van der Waals surface area contributed by atoms with Crippen molar-refractivity contribution in [3.8, 4) is 0 Å². The van der Waals surface area contributed by atoms with Gasteiger partial charge in [-0.3, -0.25) is 15.1 Å². The molecule has 2 aromatic carbocycles. The molecule has 0 aromatic heterocycles. The summed E-state index contributed by atoms with van der Waals surface area (Å²) >= 11 is 1.60. The fourth-order valence-corrected chi connectivity index (χ4v) is 4.03. The molecular formula is C19H17N3OS. The van der Waals surface area contributed by atoms with Gasteiger partial charge in [-0.1, -0.05) is 54.2 Å². The highest BCUT2D eigenvalue weighted by Crippen LogP contribution is 2.43. The Morgan fingerprint density at radius 1 is 1.08 bits per heavy atom. The summed E-state index contributed by atoms with van der Waals surface area (Å²) in [7, 11) is 0. The van der Waals surface area contributed by atoms with Gasteiger partial charge in [-0.25, -0.2) is 0 Å². The van der Waals surface area contributed by atoms with Crippen molar-refractivity contribution in [3.63, 3.8) is 0 Å². The molecule has 0 atom stereocenters. The van der Waals surface area contributed by atoms with E-state index >= 15 is 0 Å². The van der Waals surface area contributed by atoms with Gasteiger partial charge in [-0.15, -0.1) is 0 Å². The van der Waals surface area contributed by atoms with Crippen LogP contribution in [0.3, 0.4) is 0 Å². The Labute approximate surface area is 145 Å². The number of amides is 1. The normalized spacial score (nSPS) is 19.6. The van der Waals surface area contributed by atoms with Gasteiger partial charge < -0.3 is 5.32 Å². The molecule has 120 valence electrons. The molecule has 2 aliphatic heterocycles. The van der Waals surface area contributed by atoms with Gasteiger partial charge in [0, 0.05) is 17.0 Å². The van der Waals surface area contributed by atoms with E-state index in [0.29, 0.717) is 18.8 Å². The van der Waals surface area contributed by atoms with E-state index in [1.165, 1.54) is 5.56 Å². The lowest BCUT2D eigenvalue weighted by molar-refractivity contribution is -0.125. The van der Waals surface area contributed by atoms with E-state index in [9.17, 15) is 4.79 Å². The standard InChI is InChI=1S/C19H17N3OS/c20-18-14(19-21-15-8-4-5-9-16(15)24-19)12-17(23)22(18)11-10-13-6-2-1-3-7-13/h1-9,20-21H,10-12H2/b19-14+,20-18?. The largest absolute Gasteiger partial charge is 0.349 e. The van der Waals surface area contributed by atoms with Gasteiger partial charge in [-0.05, 0) is 24.1 Å². The van der Waals surface area contributed by atoms with Gasteiger partial charge in [0.25, 0.3) is 0 Å². The lowest BCUT2D eigenvalue weighted by Gasteiger charge is -2.16. The van der Waals surface area contributed by atoms with Crippen LogP contribution in [0.2, 0.25) is 0 Å². The summed E-state index contributed by atoms with van der Waals surface area (Å²) in [6, 6.07) is 18.1. The second-order valence-electron chi connectivity index (χ2n) is 5.84. The summed E-state index contributed by atoms with van der Waals surface area (Å²) in [6.07, 6.45) is 1.06. The molecule has 2 N–H and O–H groups in total. The van der Waals surface area contributed by atoms with E-state index in [0.717, 1.165) is 27.6 Å². The Hall–Kier alpha value is -2.53. The minimum atomic E-state index is 0.0109. The number of thioether (sulfide) groups is 1. The number of likely N-dealkylation sites (tertiary alicyclic amines) is 1. The molecule has 1 saturated heterocycles. The van der Waals surface area contributed by atoms with Crippen molar-refractivity contribution in [1.82, 2.24) is 4.90 Å². The van der Waals surface area contributed by atoms with Crippen LogP contribution < -0.4 is 5.32 Å². The lowest BCUT2D eigenvalue weighted by atomic mass is 10.1. The second-order valence-corrected chi connectivity index (χ2v) is 6.89. The zero-order valence-electron chi connectivity index (χ0n) is 13.1. The zero-order valence-corrected chi connectivity index (χ0v) is 13.9. The lowest BCUT2D eigenvalue weighted by Crippen LogP contribution is -2.31. The predicted molar refractivity (Wildman–Crippen MR) is 97.2 cm³/mol. The van der Waals surface area contributed by atoms with Crippen LogP contribution >= 0.6 is 11.8 Å². The van der Waals surface area contributed by atoms with Crippen molar-refractivity contribution in [1.29, 1.82) is 5.41 Å². The molecule has 0 radical (unpaired) electrons. The first-order valence-electron chi connectivity index (χ1n) is 7.92. The average molecular weight is 335 g/mol. The van der Waals surface area contributed by atoms with Gasteiger partial charge in [0.15, 0.2) is 0 Å². The molecule has 1 amide bonds. The third-order valence-corrected chi connectivity index (χ3v) is 5.40. The number of hydrogen-bond donors (Lipinski definition) is 2. The quantitative estimate of drug-likeness (QED) is 0.895. The topological polar surface area (TPSA) is 56.2 Å². The van der Waals surface area contributed by atoms with Crippen molar-refractivity contribution in [2.45, 2.75) is 17.7 Å². The number of hydrogen-bond acceptors (Lipinski definition) is 4.